The van der Waals surface area contributed by atoms with Crippen molar-refractivity contribution in [3.8, 4) is 0 Å². The van der Waals surface area contributed by atoms with Gasteiger partial charge in [0.1, 0.15) is 11.3 Å². The minimum atomic E-state index is -0.279. The van der Waals surface area contributed by atoms with E-state index >= 15 is 0 Å². The van der Waals surface area contributed by atoms with Crippen molar-refractivity contribution in [1.82, 2.24) is 4.98 Å². The Morgan fingerprint density at radius 2 is 2.05 bits per heavy atom. The van der Waals surface area contributed by atoms with Gasteiger partial charge >= 0.3 is 0 Å². The van der Waals surface area contributed by atoms with E-state index in [1.165, 1.54) is 23.5 Å². The van der Waals surface area contributed by atoms with E-state index in [0.29, 0.717) is 15.8 Å². The Bertz CT molecular complexity index is 822. The van der Waals surface area contributed by atoms with Gasteiger partial charge in [0.05, 0.1) is 9.72 Å². The van der Waals surface area contributed by atoms with E-state index in [1.807, 2.05) is 19.1 Å². The monoisotopic (exact) mass is 332 g/mol. The SMILES string of the molecule is C=C=CC.Fc1cccc(Nc2nc3c(Cl)cccc3s2)c1. The van der Waals surface area contributed by atoms with Gasteiger partial charge in [-0.05, 0) is 43.3 Å². The first-order chi connectivity index (χ1) is 10.6. The number of benzene rings is 2. The highest BCUT2D eigenvalue weighted by Crippen LogP contribution is 2.32. The van der Waals surface area contributed by atoms with Crippen LogP contribution in [-0.2, 0) is 0 Å². The van der Waals surface area contributed by atoms with Crippen LogP contribution in [0.15, 0.2) is 60.9 Å². The fourth-order valence-corrected chi connectivity index (χ4v) is 2.84. The van der Waals surface area contributed by atoms with Gasteiger partial charge in [0.15, 0.2) is 5.13 Å². The summed E-state index contributed by atoms with van der Waals surface area (Å²) in [5.41, 5.74) is 3.99. The van der Waals surface area contributed by atoms with E-state index in [2.05, 4.69) is 22.6 Å². The number of nitrogens with one attached hydrogen (secondary N) is 1. The normalized spacial score (nSPS) is 9.59. The van der Waals surface area contributed by atoms with Gasteiger partial charge in [-0.15, -0.1) is 5.73 Å². The molecular weight excluding hydrogens is 319 g/mol. The third kappa shape index (κ3) is 4.18. The van der Waals surface area contributed by atoms with Gasteiger partial charge in [-0.3, -0.25) is 0 Å². The van der Waals surface area contributed by atoms with Crippen LogP contribution in [0.4, 0.5) is 15.2 Å². The lowest BCUT2D eigenvalue weighted by Crippen LogP contribution is -1.89. The lowest BCUT2D eigenvalue weighted by atomic mass is 10.3. The molecule has 5 heteroatoms. The molecule has 3 rings (SSSR count). The summed E-state index contributed by atoms with van der Waals surface area (Å²) in [5, 5.41) is 4.39. The number of para-hydroxylation sites is 1. The van der Waals surface area contributed by atoms with Gasteiger partial charge in [-0.25, -0.2) is 9.37 Å². The number of hydrogen-bond acceptors (Lipinski definition) is 3. The molecule has 0 atom stereocenters. The lowest BCUT2D eigenvalue weighted by molar-refractivity contribution is 0.628. The van der Waals surface area contributed by atoms with Gasteiger partial charge < -0.3 is 5.32 Å². The topological polar surface area (TPSA) is 24.9 Å². The molecule has 0 aliphatic carbocycles. The van der Waals surface area contributed by atoms with Crippen LogP contribution in [0, 0.1) is 5.82 Å². The smallest absolute Gasteiger partial charge is 0.188 e. The minimum Gasteiger partial charge on any atom is -0.331 e. The summed E-state index contributed by atoms with van der Waals surface area (Å²) in [6.07, 6.45) is 1.76. The quantitative estimate of drug-likeness (QED) is 0.567. The third-order valence-electron chi connectivity index (χ3n) is 2.65. The van der Waals surface area contributed by atoms with E-state index in [1.54, 1.807) is 24.3 Å². The molecule has 3 aromatic rings. The molecule has 0 bridgehead atoms. The average Bonchev–Trinajstić information content (AvgIpc) is 2.91. The molecule has 22 heavy (non-hydrogen) atoms. The van der Waals surface area contributed by atoms with Crippen LogP contribution in [0.25, 0.3) is 10.2 Å². The van der Waals surface area contributed by atoms with Gasteiger partial charge in [0.2, 0.25) is 0 Å². The first-order valence-electron chi connectivity index (χ1n) is 6.52. The van der Waals surface area contributed by atoms with Crippen LogP contribution < -0.4 is 5.32 Å². The Balaban J connectivity index is 0.000000396. The number of nitrogens with zero attached hydrogens (tertiary/aromatic N) is 1. The van der Waals surface area contributed by atoms with Crippen molar-refractivity contribution in [1.29, 1.82) is 0 Å². The first-order valence-corrected chi connectivity index (χ1v) is 7.71. The molecule has 0 spiro atoms. The highest BCUT2D eigenvalue weighted by Gasteiger charge is 2.07. The van der Waals surface area contributed by atoms with E-state index in [0.717, 1.165) is 10.2 Å². The molecule has 2 aromatic carbocycles. The maximum atomic E-state index is 13.1. The van der Waals surface area contributed by atoms with Crippen molar-refractivity contribution in [3.05, 3.63) is 71.7 Å². The maximum absolute atomic E-state index is 13.1. The summed E-state index contributed by atoms with van der Waals surface area (Å²) in [4.78, 5) is 4.39. The Morgan fingerprint density at radius 3 is 2.68 bits per heavy atom. The molecule has 0 amide bonds. The first kappa shape index (κ1) is 16.2. The lowest BCUT2D eigenvalue weighted by Gasteiger charge is -2.01. The molecular formula is C17H14ClFN2S. The Hall–Kier alpha value is -2.13. The fraction of sp³-hybridized carbons (Fsp3) is 0.0588. The molecule has 0 aliphatic rings. The van der Waals surface area contributed by atoms with Crippen LogP contribution in [0.5, 0.6) is 0 Å². The van der Waals surface area contributed by atoms with Gasteiger partial charge in [-0.1, -0.05) is 41.6 Å². The van der Waals surface area contributed by atoms with Crippen LogP contribution in [0.3, 0.4) is 0 Å². The molecule has 0 saturated heterocycles. The zero-order valence-corrected chi connectivity index (χ0v) is 13.5. The minimum absolute atomic E-state index is 0.279. The number of aromatic nitrogens is 1. The molecule has 0 aliphatic heterocycles. The summed E-state index contributed by atoms with van der Waals surface area (Å²) in [6.45, 7) is 5.18. The van der Waals surface area contributed by atoms with Gasteiger partial charge in [0.25, 0.3) is 0 Å². The second-order valence-electron chi connectivity index (χ2n) is 4.23. The summed E-state index contributed by atoms with van der Waals surface area (Å²) in [6, 6.07) is 11.9. The third-order valence-corrected chi connectivity index (χ3v) is 3.89. The summed E-state index contributed by atoms with van der Waals surface area (Å²) >= 11 is 7.54. The van der Waals surface area contributed by atoms with Crippen LogP contribution in [0.1, 0.15) is 6.92 Å². The standard InChI is InChI=1S/C13H8ClFN2S.C4H6/c14-10-5-2-6-11-12(10)17-13(18-11)16-9-4-1-3-8(15)7-9;1-3-4-2/h1-7H,(H,16,17);4H,1H2,2H3. The maximum Gasteiger partial charge on any atom is 0.188 e. The zero-order chi connectivity index (χ0) is 15.9. The molecule has 0 radical (unpaired) electrons. The number of anilines is 2. The van der Waals surface area contributed by atoms with Crippen LogP contribution in [-0.4, -0.2) is 4.98 Å². The molecule has 0 fully saturated rings. The number of fused-ring (bicyclic) bond motifs is 1. The molecule has 1 N–H and O–H groups in total. The summed E-state index contributed by atoms with van der Waals surface area (Å²) in [7, 11) is 0. The number of thiazole rings is 1. The largest absolute Gasteiger partial charge is 0.331 e. The van der Waals surface area contributed by atoms with Crippen molar-refractivity contribution in [2.24, 2.45) is 0 Å². The Labute approximate surface area is 137 Å². The Morgan fingerprint density at radius 1 is 1.32 bits per heavy atom. The van der Waals surface area contributed by atoms with Crippen molar-refractivity contribution in [2.45, 2.75) is 6.92 Å². The zero-order valence-electron chi connectivity index (χ0n) is 11.9. The fourth-order valence-electron chi connectivity index (χ4n) is 1.66. The van der Waals surface area contributed by atoms with Crippen molar-refractivity contribution >= 4 is 44.0 Å². The van der Waals surface area contributed by atoms with Gasteiger partial charge in [-0.2, -0.15) is 0 Å². The molecule has 1 aromatic heterocycles. The highest BCUT2D eigenvalue weighted by atomic mass is 35.5. The van der Waals surface area contributed by atoms with E-state index in [-0.39, 0.29) is 5.82 Å². The summed E-state index contributed by atoms with van der Waals surface area (Å²) in [5.74, 6) is -0.279. The predicted molar refractivity (Wildman–Crippen MR) is 93.7 cm³/mol. The second kappa shape index (κ2) is 7.76. The molecule has 112 valence electrons. The van der Waals surface area contributed by atoms with E-state index in [9.17, 15) is 4.39 Å². The number of allylic oxidation sites excluding steroid dienone is 1. The van der Waals surface area contributed by atoms with Crippen molar-refractivity contribution < 1.29 is 4.39 Å². The van der Waals surface area contributed by atoms with Gasteiger partial charge in [0, 0.05) is 5.69 Å². The highest BCUT2D eigenvalue weighted by molar-refractivity contribution is 7.22. The predicted octanol–water partition coefficient (Wildman–Crippen LogP) is 6.18. The number of hydrogen-bond donors (Lipinski definition) is 1. The van der Waals surface area contributed by atoms with Crippen LogP contribution >= 0.6 is 22.9 Å². The second-order valence-corrected chi connectivity index (χ2v) is 5.67. The molecule has 1 heterocycles. The van der Waals surface area contributed by atoms with E-state index in [4.69, 9.17) is 11.6 Å². The number of rotatable bonds is 2. The van der Waals surface area contributed by atoms with Crippen LogP contribution in [0.2, 0.25) is 5.02 Å². The van der Waals surface area contributed by atoms with Crippen molar-refractivity contribution in [2.75, 3.05) is 5.32 Å². The molecule has 0 unspecified atom stereocenters. The van der Waals surface area contributed by atoms with E-state index < -0.39 is 0 Å². The molecule has 2 nitrogen and oxygen atoms in total. The average molecular weight is 333 g/mol. The van der Waals surface area contributed by atoms with Crippen molar-refractivity contribution in [3.63, 3.8) is 0 Å². The number of halogens is 2. The molecule has 0 saturated carbocycles. The summed E-state index contributed by atoms with van der Waals surface area (Å²) < 4.78 is 14.1. The Kier molecular flexibility index (Phi) is 5.73.